The third-order valence-electron chi connectivity index (χ3n) is 6.19. The van der Waals surface area contributed by atoms with Crippen molar-refractivity contribution in [2.24, 2.45) is 0 Å². The summed E-state index contributed by atoms with van der Waals surface area (Å²) in [7, 11) is 0. The molecule has 2 aliphatic heterocycles. The Labute approximate surface area is 179 Å². The van der Waals surface area contributed by atoms with E-state index < -0.39 is 0 Å². The number of aromatic nitrogens is 3. The van der Waals surface area contributed by atoms with Gasteiger partial charge in [-0.2, -0.15) is 0 Å². The molecule has 0 radical (unpaired) electrons. The third-order valence-corrected chi connectivity index (χ3v) is 6.19. The van der Waals surface area contributed by atoms with Gasteiger partial charge in [0.05, 0.1) is 17.6 Å². The van der Waals surface area contributed by atoms with E-state index in [0.717, 1.165) is 71.3 Å². The highest BCUT2D eigenvalue weighted by molar-refractivity contribution is 5.81. The Balaban J connectivity index is 1.37. The van der Waals surface area contributed by atoms with Crippen LogP contribution in [-0.2, 0) is 13.0 Å². The molecule has 0 saturated carbocycles. The monoisotopic (exact) mass is 415 g/mol. The number of hydrogen-bond acceptors (Lipinski definition) is 6. The predicted molar refractivity (Wildman–Crippen MR) is 118 cm³/mol. The van der Waals surface area contributed by atoms with Gasteiger partial charge in [0.25, 0.3) is 0 Å². The van der Waals surface area contributed by atoms with Gasteiger partial charge in [0.2, 0.25) is 0 Å². The number of fused-ring (bicyclic) bond motifs is 2. The summed E-state index contributed by atoms with van der Waals surface area (Å²) >= 11 is 0. The first-order chi connectivity index (χ1) is 15.3. The van der Waals surface area contributed by atoms with E-state index in [-0.39, 0.29) is 5.82 Å². The largest absolute Gasteiger partial charge is 0.356 e. The summed E-state index contributed by atoms with van der Waals surface area (Å²) in [5, 5.41) is 4.35. The fourth-order valence-electron chi connectivity index (χ4n) is 4.57. The van der Waals surface area contributed by atoms with Gasteiger partial charge in [-0.15, -0.1) is 0 Å². The van der Waals surface area contributed by atoms with E-state index in [4.69, 9.17) is 14.5 Å². The molecule has 0 amide bonds. The summed E-state index contributed by atoms with van der Waals surface area (Å²) in [4.78, 5) is 14.6. The number of benzene rings is 2. The molecule has 1 fully saturated rings. The number of nitrogens with zero attached hydrogens (tertiary/aromatic N) is 5. The van der Waals surface area contributed by atoms with Gasteiger partial charge in [-0.05, 0) is 55.7 Å². The SMILES string of the molecule is Fc1ccc(-c2onc3c2CCN(c2nc4ccccc4nc2N2CCCC2)C3)cc1. The Kier molecular flexibility index (Phi) is 4.33. The average molecular weight is 415 g/mol. The molecule has 0 bridgehead atoms. The number of para-hydroxylation sites is 2. The van der Waals surface area contributed by atoms with E-state index in [1.807, 2.05) is 24.3 Å². The molecule has 0 N–H and O–H groups in total. The van der Waals surface area contributed by atoms with Gasteiger partial charge in [0, 0.05) is 30.8 Å². The molecule has 4 heterocycles. The van der Waals surface area contributed by atoms with Crippen molar-refractivity contribution < 1.29 is 8.91 Å². The standard InChI is InChI=1S/C24H22FN5O/c25-17-9-7-16(8-10-17)22-18-11-14-30(15-21(18)28-31-22)24-23(29-12-3-4-13-29)26-19-5-1-2-6-20(19)27-24/h1-2,5-10H,3-4,11-15H2. The Morgan fingerprint density at radius 3 is 2.19 bits per heavy atom. The van der Waals surface area contributed by atoms with Crippen LogP contribution < -0.4 is 9.80 Å². The van der Waals surface area contributed by atoms with Crippen LogP contribution in [0.15, 0.2) is 53.1 Å². The third kappa shape index (κ3) is 3.21. The average Bonchev–Trinajstić information content (AvgIpc) is 3.49. The first kappa shape index (κ1) is 18.3. The Morgan fingerprint density at radius 2 is 1.48 bits per heavy atom. The van der Waals surface area contributed by atoms with Crippen molar-refractivity contribution in [1.82, 2.24) is 15.1 Å². The summed E-state index contributed by atoms with van der Waals surface area (Å²) in [6.45, 7) is 3.44. The van der Waals surface area contributed by atoms with Crippen molar-refractivity contribution in [3.8, 4) is 11.3 Å². The second kappa shape index (κ2) is 7.34. The highest BCUT2D eigenvalue weighted by atomic mass is 19.1. The second-order valence-corrected chi connectivity index (χ2v) is 8.17. The molecule has 0 spiro atoms. The van der Waals surface area contributed by atoms with Gasteiger partial charge in [0.1, 0.15) is 11.5 Å². The van der Waals surface area contributed by atoms with Gasteiger partial charge in [-0.1, -0.05) is 17.3 Å². The van der Waals surface area contributed by atoms with Gasteiger partial charge in [-0.3, -0.25) is 0 Å². The fraction of sp³-hybridized carbons (Fsp3) is 0.292. The van der Waals surface area contributed by atoms with E-state index >= 15 is 0 Å². The fourth-order valence-corrected chi connectivity index (χ4v) is 4.57. The summed E-state index contributed by atoms with van der Waals surface area (Å²) in [5.41, 5.74) is 4.68. The topological polar surface area (TPSA) is 58.3 Å². The Morgan fingerprint density at radius 1 is 0.806 bits per heavy atom. The smallest absolute Gasteiger partial charge is 0.172 e. The van der Waals surface area contributed by atoms with Crippen LogP contribution in [0.5, 0.6) is 0 Å². The van der Waals surface area contributed by atoms with Crippen LogP contribution in [0.3, 0.4) is 0 Å². The Hall–Kier alpha value is -3.48. The van der Waals surface area contributed by atoms with Crippen LogP contribution >= 0.6 is 0 Å². The maximum Gasteiger partial charge on any atom is 0.172 e. The molecule has 0 aliphatic carbocycles. The van der Waals surface area contributed by atoms with Crippen molar-refractivity contribution in [2.75, 3.05) is 29.4 Å². The molecule has 2 aromatic heterocycles. The van der Waals surface area contributed by atoms with E-state index in [1.54, 1.807) is 12.1 Å². The molecular weight excluding hydrogens is 393 g/mol. The van der Waals surface area contributed by atoms with E-state index in [9.17, 15) is 4.39 Å². The minimum atomic E-state index is -0.257. The molecule has 1 saturated heterocycles. The van der Waals surface area contributed by atoms with Gasteiger partial charge < -0.3 is 14.3 Å². The lowest BCUT2D eigenvalue weighted by Crippen LogP contribution is -2.33. The lowest BCUT2D eigenvalue weighted by Gasteiger charge is -2.30. The van der Waals surface area contributed by atoms with E-state index in [2.05, 4.69) is 15.0 Å². The number of anilines is 2. The lowest BCUT2D eigenvalue weighted by atomic mass is 10.0. The quantitative estimate of drug-likeness (QED) is 0.488. The molecule has 0 atom stereocenters. The summed E-state index contributed by atoms with van der Waals surface area (Å²) in [5.74, 6) is 2.35. The summed E-state index contributed by atoms with van der Waals surface area (Å²) in [6, 6.07) is 14.4. The van der Waals surface area contributed by atoms with Crippen LogP contribution in [0.2, 0.25) is 0 Å². The molecule has 4 aromatic rings. The van der Waals surface area contributed by atoms with Crippen molar-refractivity contribution in [3.63, 3.8) is 0 Å². The minimum absolute atomic E-state index is 0.257. The maximum absolute atomic E-state index is 13.3. The van der Waals surface area contributed by atoms with Crippen molar-refractivity contribution >= 4 is 22.7 Å². The minimum Gasteiger partial charge on any atom is -0.356 e. The lowest BCUT2D eigenvalue weighted by molar-refractivity contribution is 0.423. The van der Waals surface area contributed by atoms with Crippen LogP contribution in [-0.4, -0.2) is 34.8 Å². The molecule has 0 unspecified atom stereocenters. The van der Waals surface area contributed by atoms with Crippen molar-refractivity contribution in [2.45, 2.75) is 25.8 Å². The summed E-state index contributed by atoms with van der Waals surface area (Å²) in [6.07, 6.45) is 3.16. The molecule has 156 valence electrons. The molecule has 31 heavy (non-hydrogen) atoms. The van der Waals surface area contributed by atoms with E-state index in [1.165, 1.54) is 25.0 Å². The van der Waals surface area contributed by atoms with Crippen LogP contribution in [0.25, 0.3) is 22.4 Å². The van der Waals surface area contributed by atoms with Gasteiger partial charge in [0.15, 0.2) is 17.4 Å². The van der Waals surface area contributed by atoms with Crippen LogP contribution in [0.1, 0.15) is 24.1 Å². The highest BCUT2D eigenvalue weighted by Crippen LogP contribution is 2.36. The number of hydrogen-bond donors (Lipinski definition) is 0. The molecule has 6 rings (SSSR count). The molecule has 2 aliphatic rings. The normalized spacial score (nSPS) is 16.2. The molecule has 2 aromatic carbocycles. The van der Waals surface area contributed by atoms with Crippen molar-refractivity contribution in [1.29, 1.82) is 0 Å². The zero-order valence-electron chi connectivity index (χ0n) is 17.1. The second-order valence-electron chi connectivity index (χ2n) is 8.17. The molecule has 6 nitrogen and oxygen atoms in total. The summed E-state index contributed by atoms with van der Waals surface area (Å²) < 4.78 is 19.0. The zero-order chi connectivity index (χ0) is 20.8. The van der Waals surface area contributed by atoms with Crippen molar-refractivity contribution in [3.05, 3.63) is 65.6 Å². The van der Waals surface area contributed by atoms with Crippen LogP contribution in [0, 0.1) is 5.82 Å². The zero-order valence-corrected chi connectivity index (χ0v) is 17.1. The first-order valence-corrected chi connectivity index (χ1v) is 10.8. The van der Waals surface area contributed by atoms with Gasteiger partial charge in [-0.25, -0.2) is 14.4 Å². The maximum atomic E-state index is 13.3. The molecular formula is C24H22FN5O. The van der Waals surface area contributed by atoms with Crippen LogP contribution in [0.4, 0.5) is 16.0 Å². The first-order valence-electron chi connectivity index (χ1n) is 10.8. The number of rotatable bonds is 3. The predicted octanol–water partition coefficient (Wildman–Crippen LogP) is 4.59. The van der Waals surface area contributed by atoms with Gasteiger partial charge >= 0.3 is 0 Å². The highest BCUT2D eigenvalue weighted by Gasteiger charge is 2.29. The van der Waals surface area contributed by atoms with E-state index in [0.29, 0.717) is 6.54 Å². The number of halogens is 1. The molecule has 7 heteroatoms. The Bertz CT molecular complexity index is 1250.